The molecule has 0 radical (unpaired) electrons. The van der Waals surface area contributed by atoms with E-state index in [4.69, 9.17) is 4.52 Å². The fourth-order valence-corrected chi connectivity index (χ4v) is 3.37. The number of nitrogens with zero attached hydrogens (tertiary/aromatic N) is 2. The number of hydrogen-bond acceptors (Lipinski definition) is 4. The molecule has 0 amide bonds. The maximum Gasteiger partial charge on any atom is 0.191 e. The molecule has 0 atom stereocenters. The van der Waals surface area contributed by atoms with Crippen molar-refractivity contribution in [2.45, 2.75) is 39.0 Å². The summed E-state index contributed by atoms with van der Waals surface area (Å²) in [5.41, 5.74) is 4.24. The molecule has 0 saturated heterocycles. The van der Waals surface area contributed by atoms with Gasteiger partial charge in [-0.2, -0.15) is 11.8 Å². The van der Waals surface area contributed by atoms with Crippen molar-refractivity contribution in [1.82, 2.24) is 15.8 Å². The zero-order valence-corrected chi connectivity index (χ0v) is 19.4. The van der Waals surface area contributed by atoms with Gasteiger partial charge in [-0.15, -0.1) is 24.0 Å². The largest absolute Gasteiger partial charge is 0.361 e. The quantitative estimate of drug-likeness (QED) is 0.243. The summed E-state index contributed by atoms with van der Waals surface area (Å²) in [5.74, 6) is 2.23. The summed E-state index contributed by atoms with van der Waals surface area (Å²) < 4.78 is 18.6. The molecule has 1 aromatic heterocycles. The van der Waals surface area contributed by atoms with Crippen molar-refractivity contribution in [3.05, 3.63) is 52.2 Å². The standard InChI is InChI=1S/C19H27FN4OS.HI/c1-13-18(14(2)25-24-13)6-5-9-22-19(21-3)23-11-15-7-8-17(20)10-16(15)12-26-4;/h7-8,10H,5-6,9,11-12H2,1-4H3,(H2,21,22,23);1H. The highest BCUT2D eigenvalue weighted by Crippen LogP contribution is 2.17. The molecular weight excluding hydrogens is 478 g/mol. The van der Waals surface area contributed by atoms with Crippen LogP contribution in [0.3, 0.4) is 0 Å². The van der Waals surface area contributed by atoms with Gasteiger partial charge >= 0.3 is 0 Å². The second-order valence-electron chi connectivity index (χ2n) is 6.10. The molecule has 0 spiro atoms. The van der Waals surface area contributed by atoms with Crippen LogP contribution in [0.1, 0.15) is 34.6 Å². The van der Waals surface area contributed by atoms with Crippen molar-refractivity contribution in [2.24, 2.45) is 4.99 Å². The summed E-state index contributed by atoms with van der Waals surface area (Å²) in [7, 11) is 1.75. The molecule has 8 heteroatoms. The van der Waals surface area contributed by atoms with Crippen LogP contribution < -0.4 is 10.6 Å². The first kappa shape index (κ1) is 23.7. The summed E-state index contributed by atoms with van der Waals surface area (Å²) in [6.45, 7) is 5.32. The van der Waals surface area contributed by atoms with E-state index in [-0.39, 0.29) is 29.8 Å². The first-order valence-electron chi connectivity index (χ1n) is 8.67. The number of halogens is 2. The highest BCUT2D eigenvalue weighted by atomic mass is 127. The molecule has 0 fully saturated rings. The lowest BCUT2D eigenvalue weighted by Gasteiger charge is -2.14. The first-order valence-corrected chi connectivity index (χ1v) is 10.1. The van der Waals surface area contributed by atoms with Crippen LogP contribution in [0, 0.1) is 19.7 Å². The molecular formula is C19H28FIN4OS. The normalized spacial score (nSPS) is 11.2. The molecule has 0 bridgehead atoms. The third-order valence-electron chi connectivity index (χ3n) is 4.22. The molecule has 0 aliphatic carbocycles. The Morgan fingerprint density at radius 3 is 2.67 bits per heavy atom. The molecule has 0 unspecified atom stereocenters. The lowest BCUT2D eigenvalue weighted by atomic mass is 10.1. The second kappa shape index (κ2) is 12.2. The minimum absolute atomic E-state index is 0. The van der Waals surface area contributed by atoms with Gasteiger partial charge in [0.25, 0.3) is 0 Å². The van der Waals surface area contributed by atoms with Gasteiger partial charge < -0.3 is 15.2 Å². The summed E-state index contributed by atoms with van der Waals surface area (Å²) in [6.07, 6.45) is 3.89. The van der Waals surface area contributed by atoms with E-state index in [0.717, 1.165) is 53.7 Å². The minimum atomic E-state index is -0.195. The predicted octanol–water partition coefficient (Wildman–Crippen LogP) is 4.21. The average molecular weight is 506 g/mol. The number of benzene rings is 1. The third kappa shape index (κ3) is 7.33. The Balaban J connectivity index is 0.00000364. The van der Waals surface area contributed by atoms with E-state index in [1.807, 2.05) is 26.2 Å². The number of hydrogen-bond donors (Lipinski definition) is 2. The van der Waals surface area contributed by atoms with Gasteiger partial charge in [-0.3, -0.25) is 4.99 Å². The summed E-state index contributed by atoms with van der Waals surface area (Å²) >= 11 is 1.68. The van der Waals surface area contributed by atoms with Gasteiger partial charge in [0.1, 0.15) is 11.6 Å². The minimum Gasteiger partial charge on any atom is -0.361 e. The van der Waals surface area contributed by atoms with Gasteiger partial charge in [0.15, 0.2) is 5.96 Å². The third-order valence-corrected chi connectivity index (χ3v) is 4.81. The smallest absolute Gasteiger partial charge is 0.191 e. The molecule has 1 aromatic carbocycles. The molecule has 0 aliphatic rings. The SMILES string of the molecule is CN=C(NCCCc1c(C)noc1C)NCc1ccc(F)cc1CSC.I. The number of rotatable bonds is 8. The molecule has 0 saturated carbocycles. The van der Waals surface area contributed by atoms with Gasteiger partial charge in [-0.25, -0.2) is 4.39 Å². The first-order chi connectivity index (χ1) is 12.5. The molecule has 2 aromatic rings. The monoisotopic (exact) mass is 506 g/mol. The van der Waals surface area contributed by atoms with E-state index in [2.05, 4.69) is 20.8 Å². The molecule has 2 rings (SSSR count). The molecule has 1 heterocycles. The Labute approximate surface area is 182 Å². The van der Waals surface area contributed by atoms with Gasteiger partial charge in [0, 0.05) is 31.5 Å². The molecule has 5 nitrogen and oxygen atoms in total. The van der Waals surface area contributed by atoms with Crippen LogP contribution in [0.25, 0.3) is 0 Å². The van der Waals surface area contributed by atoms with Crippen molar-refractivity contribution in [2.75, 3.05) is 19.8 Å². The Bertz CT molecular complexity index is 732. The van der Waals surface area contributed by atoms with Crippen LogP contribution in [0.2, 0.25) is 0 Å². The number of guanidine groups is 1. The second-order valence-corrected chi connectivity index (χ2v) is 6.97. The molecule has 2 N–H and O–H groups in total. The number of aryl methyl sites for hydroxylation is 2. The lowest BCUT2D eigenvalue weighted by Crippen LogP contribution is -2.37. The number of nitrogens with one attached hydrogen (secondary N) is 2. The van der Waals surface area contributed by atoms with Crippen LogP contribution in [-0.4, -0.2) is 31.0 Å². The van der Waals surface area contributed by atoms with Crippen molar-refractivity contribution in [1.29, 1.82) is 0 Å². The maximum absolute atomic E-state index is 13.4. The van der Waals surface area contributed by atoms with Crippen molar-refractivity contribution >= 4 is 41.7 Å². The Hall–Kier alpha value is -1.29. The molecule has 27 heavy (non-hydrogen) atoms. The average Bonchev–Trinajstić information content (AvgIpc) is 2.94. The van der Waals surface area contributed by atoms with E-state index in [1.54, 1.807) is 24.9 Å². The van der Waals surface area contributed by atoms with Gasteiger partial charge in [0.2, 0.25) is 0 Å². The Kier molecular flexibility index (Phi) is 10.8. The number of thioether (sulfide) groups is 1. The fraction of sp³-hybridized carbons (Fsp3) is 0.474. The Morgan fingerprint density at radius 1 is 1.26 bits per heavy atom. The van der Waals surface area contributed by atoms with E-state index < -0.39 is 0 Å². The lowest BCUT2D eigenvalue weighted by molar-refractivity contribution is 0.392. The fourth-order valence-electron chi connectivity index (χ4n) is 2.79. The topological polar surface area (TPSA) is 62.5 Å². The zero-order chi connectivity index (χ0) is 18.9. The number of aromatic nitrogens is 1. The van der Waals surface area contributed by atoms with Crippen LogP contribution in [0.4, 0.5) is 4.39 Å². The van der Waals surface area contributed by atoms with Crippen molar-refractivity contribution in [3.8, 4) is 0 Å². The zero-order valence-electron chi connectivity index (χ0n) is 16.3. The van der Waals surface area contributed by atoms with Crippen molar-refractivity contribution in [3.63, 3.8) is 0 Å². The summed E-state index contributed by atoms with van der Waals surface area (Å²) in [5, 5.41) is 10.6. The van der Waals surface area contributed by atoms with Gasteiger partial charge in [-0.05, 0) is 56.2 Å². The predicted molar refractivity (Wildman–Crippen MR) is 122 cm³/mol. The van der Waals surface area contributed by atoms with E-state index in [1.165, 1.54) is 11.6 Å². The summed E-state index contributed by atoms with van der Waals surface area (Å²) in [6, 6.07) is 4.94. The van der Waals surface area contributed by atoms with Crippen LogP contribution in [-0.2, 0) is 18.7 Å². The molecule has 150 valence electrons. The molecule has 0 aliphatic heterocycles. The highest BCUT2D eigenvalue weighted by Gasteiger charge is 2.09. The van der Waals surface area contributed by atoms with Gasteiger partial charge in [0.05, 0.1) is 5.69 Å². The Morgan fingerprint density at radius 2 is 2.04 bits per heavy atom. The van der Waals surface area contributed by atoms with Crippen LogP contribution >= 0.6 is 35.7 Å². The number of aliphatic imine (C=N–C) groups is 1. The van der Waals surface area contributed by atoms with E-state index >= 15 is 0 Å². The summed E-state index contributed by atoms with van der Waals surface area (Å²) in [4.78, 5) is 4.25. The van der Waals surface area contributed by atoms with Crippen LogP contribution in [0.5, 0.6) is 0 Å². The van der Waals surface area contributed by atoms with Crippen LogP contribution in [0.15, 0.2) is 27.7 Å². The maximum atomic E-state index is 13.4. The van der Waals surface area contributed by atoms with E-state index in [0.29, 0.717) is 6.54 Å². The highest BCUT2D eigenvalue weighted by molar-refractivity contribution is 14.0. The van der Waals surface area contributed by atoms with E-state index in [9.17, 15) is 4.39 Å². The van der Waals surface area contributed by atoms with Gasteiger partial charge in [-0.1, -0.05) is 11.2 Å². The van der Waals surface area contributed by atoms with Crippen molar-refractivity contribution < 1.29 is 8.91 Å².